The molecule has 1 aromatic rings. The molecule has 0 saturated heterocycles. The van der Waals surface area contributed by atoms with Crippen LogP contribution in [0.15, 0.2) is 42.6 Å². The number of methoxy groups -OCH3 is 2. The summed E-state index contributed by atoms with van der Waals surface area (Å²) >= 11 is 5.00. The highest BCUT2D eigenvalue weighted by Gasteiger charge is 2.28. The van der Waals surface area contributed by atoms with Gasteiger partial charge in [-0.15, -0.1) is 0 Å². The van der Waals surface area contributed by atoms with Gasteiger partial charge in [0.1, 0.15) is 17.2 Å². The second-order valence-corrected chi connectivity index (χ2v) is 5.86. The van der Waals surface area contributed by atoms with Gasteiger partial charge in [-0.1, -0.05) is 12.1 Å². The maximum Gasteiger partial charge on any atom is 0.165 e. The lowest BCUT2D eigenvalue weighted by Gasteiger charge is -2.41. The standard InChI is InChI=1S/C17H23N3O2S/c1-17(19-16(18)23)10-4-5-11-20(17)12-9-13-14(21-2)7-6-8-15(13)22-3/h4-8,10-11H,9,12H2,1-3H3,(H3,18,19,23). The van der Waals surface area contributed by atoms with Crippen molar-refractivity contribution in [2.45, 2.75) is 19.0 Å². The van der Waals surface area contributed by atoms with Gasteiger partial charge in [0.25, 0.3) is 0 Å². The Balaban J connectivity index is 2.18. The molecule has 0 bridgehead atoms. The van der Waals surface area contributed by atoms with Crippen LogP contribution in [-0.4, -0.2) is 36.4 Å². The minimum Gasteiger partial charge on any atom is -0.496 e. The van der Waals surface area contributed by atoms with Crippen LogP contribution in [-0.2, 0) is 6.42 Å². The topological polar surface area (TPSA) is 59.8 Å². The molecular weight excluding hydrogens is 310 g/mol. The highest BCUT2D eigenvalue weighted by Crippen LogP contribution is 2.29. The number of hydrogen-bond acceptors (Lipinski definition) is 4. The predicted octanol–water partition coefficient (Wildman–Crippen LogP) is 2.18. The van der Waals surface area contributed by atoms with Crippen LogP contribution >= 0.6 is 12.2 Å². The maximum absolute atomic E-state index is 5.66. The molecule has 1 atom stereocenters. The van der Waals surface area contributed by atoms with Gasteiger partial charge in [-0.3, -0.25) is 0 Å². The Labute approximate surface area is 142 Å². The molecule has 0 amide bonds. The summed E-state index contributed by atoms with van der Waals surface area (Å²) in [6, 6.07) is 5.80. The number of thiocarbonyl (C=S) groups is 1. The van der Waals surface area contributed by atoms with E-state index in [9.17, 15) is 0 Å². The van der Waals surface area contributed by atoms with E-state index in [0.717, 1.165) is 30.0 Å². The smallest absolute Gasteiger partial charge is 0.165 e. The van der Waals surface area contributed by atoms with E-state index in [-0.39, 0.29) is 5.11 Å². The van der Waals surface area contributed by atoms with Gasteiger partial charge in [0, 0.05) is 18.3 Å². The quantitative estimate of drug-likeness (QED) is 0.778. The Morgan fingerprint density at radius 1 is 1.26 bits per heavy atom. The largest absolute Gasteiger partial charge is 0.496 e. The molecule has 5 nitrogen and oxygen atoms in total. The maximum atomic E-state index is 5.66. The molecule has 1 aliphatic heterocycles. The molecule has 0 aliphatic carbocycles. The van der Waals surface area contributed by atoms with Gasteiger partial charge in [0.2, 0.25) is 0 Å². The number of nitrogens with zero attached hydrogens (tertiary/aromatic N) is 1. The van der Waals surface area contributed by atoms with Crippen molar-refractivity contribution >= 4 is 17.3 Å². The highest BCUT2D eigenvalue weighted by molar-refractivity contribution is 7.80. The Bertz CT molecular complexity index is 608. The van der Waals surface area contributed by atoms with Gasteiger partial charge in [0.15, 0.2) is 5.11 Å². The monoisotopic (exact) mass is 333 g/mol. The van der Waals surface area contributed by atoms with Crippen LogP contribution in [0.2, 0.25) is 0 Å². The number of allylic oxidation sites excluding steroid dienone is 2. The molecule has 1 aromatic carbocycles. The molecule has 0 spiro atoms. The van der Waals surface area contributed by atoms with Crippen molar-refractivity contribution in [2.24, 2.45) is 5.73 Å². The Morgan fingerprint density at radius 2 is 1.91 bits per heavy atom. The van der Waals surface area contributed by atoms with Crippen molar-refractivity contribution < 1.29 is 9.47 Å². The first-order valence-corrected chi connectivity index (χ1v) is 7.81. The number of ether oxygens (including phenoxy) is 2. The first-order valence-electron chi connectivity index (χ1n) is 7.40. The van der Waals surface area contributed by atoms with Gasteiger partial charge < -0.3 is 25.4 Å². The number of nitrogens with one attached hydrogen (secondary N) is 1. The van der Waals surface area contributed by atoms with Crippen molar-refractivity contribution in [1.29, 1.82) is 0 Å². The molecule has 0 fully saturated rings. The summed E-state index contributed by atoms with van der Waals surface area (Å²) in [6.07, 6.45) is 8.78. The lowest BCUT2D eigenvalue weighted by molar-refractivity contribution is 0.197. The molecule has 1 unspecified atom stereocenters. The van der Waals surface area contributed by atoms with E-state index in [1.54, 1.807) is 14.2 Å². The molecule has 23 heavy (non-hydrogen) atoms. The van der Waals surface area contributed by atoms with Crippen LogP contribution < -0.4 is 20.5 Å². The number of hydrogen-bond donors (Lipinski definition) is 2. The van der Waals surface area contributed by atoms with E-state index in [2.05, 4.69) is 10.2 Å². The molecule has 6 heteroatoms. The molecule has 1 heterocycles. The Morgan fingerprint density at radius 3 is 2.48 bits per heavy atom. The van der Waals surface area contributed by atoms with E-state index >= 15 is 0 Å². The van der Waals surface area contributed by atoms with E-state index < -0.39 is 5.66 Å². The molecule has 0 saturated carbocycles. The highest BCUT2D eigenvalue weighted by atomic mass is 32.1. The van der Waals surface area contributed by atoms with Gasteiger partial charge in [0.05, 0.1) is 14.2 Å². The average Bonchev–Trinajstić information content (AvgIpc) is 2.52. The first kappa shape index (κ1) is 17.1. The molecule has 0 aromatic heterocycles. The fourth-order valence-corrected chi connectivity index (χ4v) is 2.93. The van der Waals surface area contributed by atoms with Crippen LogP contribution in [0.4, 0.5) is 0 Å². The van der Waals surface area contributed by atoms with Crippen molar-refractivity contribution in [3.8, 4) is 11.5 Å². The third-order valence-electron chi connectivity index (χ3n) is 3.90. The summed E-state index contributed by atoms with van der Waals surface area (Å²) in [5, 5.41) is 3.41. The zero-order valence-electron chi connectivity index (χ0n) is 13.7. The fraction of sp³-hybridized carbons (Fsp3) is 0.353. The fourth-order valence-electron chi connectivity index (χ4n) is 2.72. The molecular formula is C17H23N3O2S. The van der Waals surface area contributed by atoms with E-state index in [4.69, 9.17) is 27.4 Å². The summed E-state index contributed by atoms with van der Waals surface area (Å²) < 4.78 is 10.9. The second-order valence-electron chi connectivity index (χ2n) is 5.42. The lowest BCUT2D eigenvalue weighted by Crippen LogP contribution is -2.57. The van der Waals surface area contributed by atoms with Crippen molar-refractivity contribution in [1.82, 2.24) is 10.2 Å². The summed E-state index contributed by atoms with van der Waals surface area (Å²) in [4.78, 5) is 2.15. The summed E-state index contributed by atoms with van der Waals surface area (Å²) in [5.74, 6) is 1.65. The van der Waals surface area contributed by atoms with E-state index in [1.165, 1.54) is 0 Å². The van der Waals surface area contributed by atoms with Crippen LogP contribution in [0.5, 0.6) is 11.5 Å². The zero-order chi connectivity index (χ0) is 16.9. The third kappa shape index (κ3) is 3.96. The van der Waals surface area contributed by atoms with Gasteiger partial charge in [-0.05, 0) is 49.8 Å². The van der Waals surface area contributed by atoms with Crippen LogP contribution in [0, 0.1) is 0 Å². The first-order chi connectivity index (χ1) is 11.0. The van der Waals surface area contributed by atoms with Gasteiger partial charge in [-0.2, -0.15) is 0 Å². The van der Waals surface area contributed by atoms with Crippen molar-refractivity contribution in [3.63, 3.8) is 0 Å². The molecule has 3 N–H and O–H groups in total. The Hall–Kier alpha value is -2.21. The summed E-state index contributed by atoms with van der Waals surface area (Å²) in [6.45, 7) is 2.79. The van der Waals surface area contributed by atoms with Crippen molar-refractivity contribution in [2.75, 3.05) is 20.8 Å². The van der Waals surface area contributed by atoms with Gasteiger partial charge in [-0.25, -0.2) is 0 Å². The van der Waals surface area contributed by atoms with Crippen molar-refractivity contribution in [3.05, 3.63) is 48.2 Å². The number of rotatable bonds is 6. The minimum atomic E-state index is -0.449. The van der Waals surface area contributed by atoms with Crippen LogP contribution in [0.3, 0.4) is 0 Å². The zero-order valence-corrected chi connectivity index (χ0v) is 14.5. The molecule has 1 aliphatic rings. The predicted molar refractivity (Wildman–Crippen MR) is 96.6 cm³/mol. The van der Waals surface area contributed by atoms with E-state index in [1.807, 2.05) is 49.6 Å². The molecule has 124 valence electrons. The summed E-state index contributed by atoms with van der Waals surface area (Å²) in [5.41, 5.74) is 6.26. The molecule has 0 radical (unpaired) electrons. The number of benzene rings is 1. The second kappa shape index (κ2) is 7.37. The van der Waals surface area contributed by atoms with Crippen LogP contribution in [0.1, 0.15) is 12.5 Å². The van der Waals surface area contributed by atoms with Crippen LogP contribution in [0.25, 0.3) is 0 Å². The normalized spacial score (nSPS) is 19.5. The third-order valence-corrected chi connectivity index (χ3v) is 4.01. The average molecular weight is 333 g/mol. The minimum absolute atomic E-state index is 0.271. The van der Waals surface area contributed by atoms with Gasteiger partial charge >= 0.3 is 0 Å². The number of nitrogens with two attached hydrogens (primary N) is 1. The lowest BCUT2D eigenvalue weighted by atomic mass is 10.0. The van der Waals surface area contributed by atoms with E-state index in [0.29, 0.717) is 0 Å². The molecule has 2 rings (SSSR count). The Kier molecular flexibility index (Phi) is 5.50. The SMILES string of the molecule is COc1cccc(OC)c1CCN1C=CC=CC1(C)NC(N)=S. The summed E-state index contributed by atoms with van der Waals surface area (Å²) in [7, 11) is 3.33.